The molecule has 0 spiro atoms. The van der Waals surface area contributed by atoms with Crippen LogP contribution in [-0.4, -0.2) is 0 Å². The number of hydrogen-bond donors (Lipinski definition) is 0. The van der Waals surface area contributed by atoms with E-state index in [0.717, 1.165) is 6.42 Å². The lowest BCUT2D eigenvalue weighted by atomic mass is 10.3. The summed E-state index contributed by atoms with van der Waals surface area (Å²) in [4.78, 5) is 0. The van der Waals surface area contributed by atoms with E-state index in [0.29, 0.717) is 0 Å². The Labute approximate surface area is 55.9 Å². The third-order valence-electron chi connectivity index (χ3n) is 1.03. The maximum absolute atomic E-state index is 3.09. The van der Waals surface area contributed by atoms with E-state index in [-0.39, 0.29) is 0 Å². The van der Waals surface area contributed by atoms with Gasteiger partial charge in [0.2, 0.25) is 0 Å². The van der Waals surface area contributed by atoms with Crippen LogP contribution in [0.3, 0.4) is 0 Å². The van der Waals surface area contributed by atoms with Crippen molar-refractivity contribution in [1.82, 2.24) is 0 Å². The molecule has 0 aromatic carbocycles. The normalized spacial score (nSPS) is 16.9. The second-order valence-corrected chi connectivity index (χ2v) is 1.77. The Kier molecular flexibility index (Phi) is 2.64. The zero-order valence-electron chi connectivity index (χ0n) is 5.25. The molecule has 1 aliphatic rings. The largest absolute Gasteiger partial charge is 0.271 e. The molecular weight excluding hydrogens is 108 g/mol. The first-order valence-electron chi connectivity index (χ1n) is 3.05. The highest BCUT2D eigenvalue weighted by Gasteiger charge is 1.62. The van der Waals surface area contributed by atoms with E-state index in [2.05, 4.69) is 12.2 Å². The second-order valence-electron chi connectivity index (χ2n) is 1.77. The molecule has 9 heavy (non-hydrogen) atoms. The molecule has 0 aromatic heterocycles. The van der Waals surface area contributed by atoms with Crippen molar-refractivity contribution in [2.45, 2.75) is 6.42 Å². The summed E-state index contributed by atoms with van der Waals surface area (Å²) in [6.45, 7) is 0. The van der Waals surface area contributed by atoms with Gasteiger partial charge in [-0.25, -0.2) is 12.2 Å². The lowest BCUT2D eigenvalue weighted by Crippen LogP contribution is -1.55. The van der Waals surface area contributed by atoms with Crippen LogP contribution in [0.1, 0.15) is 6.42 Å². The smallest absolute Gasteiger partial charge is 0.0641 e. The third kappa shape index (κ3) is 2.70. The molecule has 0 bridgehead atoms. The zero-order chi connectivity index (χ0) is 6.36. The highest BCUT2D eigenvalue weighted by atomic mass is 13.8. The molecule has 0 amide bonds. The molecule has 0 heterocycles. The summed E-state index contributed by atoms with van der Waals surface area (Å²) >= 11 is 0. The van der Waals surface area contributed by atoms with Crippen LogP contribution in [0.4, 0.5) is 0 Å². The van der Waals surface area contributed by atoms with E-state index in [4.69, 9.17) is 0 Å². The zero-order valence-corrected chi connectivity index (χ0v) is 5.25. The number of allylic oxidation sites excluding steroid dienone is 8. The van der Waals surface area contributed by atoms with Crippen molar-refractivity contribution in [1.29, 1.82) is 0 Å². The minimum absolute atomic E-state index is 0.911. The van der Waals surface area contributed by atoms with Crippen LogP contribution in [0.15, 0.2) is 42.5 Å². The minimum atomic E-state index is 0.911. The molecule has 0 saturated heterocycles. The Bertz CT molecular complexity index is 148. The predicted molar refractivity (Wildman–Crippen MR) is 39.9 cm³/mol. The molecule has 0 N–H and O–H groups in total. The van der Waals surface area contributed by atoms with Gasteiger partial charge in [0, 0.05) is 0 Å². The Morgan fingerprint density at radius 3 is 2.67 bits per heavy atom. The van der Waals surface area contributed by atoms with Gasteiger partial charge in [-0.1, -0.05) is 30.7 Å². The van der Waals surface area contributed by atoms with Gasteiger partial charge in [0.25, 0.3) is 0 Å². The van der Waals surface area contributed by atoms with Gasteiger partial charge in [-0.2, -0.15) is 0 Å². The van der Waals surface area contributed by atoms with E-state index in [1.165, 1.54) is 0 Å². The van der Waals surface area contributed by atoms with Crippen LogP contribution in [-0.2, 0) is 0 Å². The summed E-state index contributed by atoms with van der Waals surface area (Å²) in [5.74, 6) is 0. The van der Waals surface area contributed by atoms with Crippen LogP contribution >= 0.6 is 0 Å². The third-order valence-corrected chi connectivity index (χ3v) is 1.03. The SMILES string of the molecule is [C-]1=CC=CC=CC=CC1. The van der Waals surface area contributed by atoms with Crippen molar-refractivity contribution in [2.75, 3.05) is 0 Å². The molecule has 0 radical (unpaired) electrons. The van der Waals surface area contributed by atoms with E-state index in [9.17, 15) is 0 Å². The first-order valence-corrected chi connectivity index (χ1v) is 3.05. The van der Waals surface area contributed by atoms with Crippen molar-refractivity contribution in [3.63, 3.8) is 0 Å². The Morgan fingerprint density at radius 2 is 1.67 bits per heavy atom. The molecule has 1 aliphatic carbocycles. The van der Waals surface area contributed by atoms with Crippen LogP contribution in [0.2, 0.25) is 0 Å². The summed E-state index contributed by atoms with van der Waals surface area (Å²) in [6, 6.07) is 0. The van der Waals surface area contributed by atoms with Gasteiger partial charge in [0.1, 0.15) is 0 Å². The first-order chi connectivity index (χ1) is 4.50. The molecule has 46 valence electrons. The topological polar surface area (TPSA) is 0 Å². The predicted octanol–water partition coefficient (Wildman–Crippen LogP) is 2.42. The lowest BCUT2D eigenvalue weighted by molar-refractivity contribution is 1.34. The molecule has 0 aliphatic heterocycles. The van der Waals surface area contributed by atoms with E-state index in [1.807, 2.05) is 36.5 Å². The molecule has 0 atom stereocenters. The molecule has 0 unspecified atom stereocenters. The van der Waals surface area contributed by atoms with E-state index in [1.54, 1.807) is 0 Å². The van der Waals surface area contributed by atoms with Gasteiger partial charge >= 0.3 is 0 Å². The fourth-order valence-electron chi connectivity index (χ4n) is 0.599. The Hall–Kier alpha value is -1.04. The minimum Gasteiger partial charge on any atom is -0.271 e. The summed E-state index contributed by atoms with van der Waals surface area (Å²) in [7, 11) is 0. The number of hydrogen-bond acceptors (Lipinski definition) is 0. The van der Waals surface area contributed by atoms with Crippen molar-refractivity contribution >= 4 is 0 Å². The van der Waals surface area contributed by atoms with Gasteiger partial charge in [-0.05, 0) is 0 Å². The van der Waals surface area contributed by atoms with E-state index < -0.39 is 0 Å². The average molecular weight is 117 g/mol. The standard InChI is InChI=1S/C9H9/c1-2-4-6-8-9-7-5-3-1/h1-7H,8H2/q-1. The second kappa shape index (κ2) is 3.90. The van der Waals surface area contributed by atoms with Gasteiger partial charge < -0.3 is 0 Å². The molecule has 0 aromatic rings. The maximum Gasteiger partial charge on any atom is -0.0641 e. The lowest BCUT2D eigenvalue weighted by Gasteiger charge is -1.85. The van der Waals surface area contributed by atoms with Crippen molar-refractivity contribution in [2.24, 2.45) is 0 Å². The number of rotatable bonds is 0. The summed E-state index contributed by atoms with van der Waals surface area (Å²) in [6.07, 6.45) is 18.0. The molecule has 1 rings (SSSR count). The Balaban J connectivity index is 2.60. The van der Waals surface area contributed by atoms with Crippen molar-refractivity contribution in [3.8, 4) is 0 Å². The van der Waals surface area contributed by atoms with Crippen LogP contribution in [0.5, 0.6) is 0 Å². The maximum atomic E-state index is 3.09. The molecule has 0 nitrogen and oxygen atoms in total. The van der Waals surface area contributed by atoms with Gasteiger partial charge in [-0.15, -0.1) is 6.08 Å². The molecule has 0 heteroatoms. The van der Waals surface area contributed by atoms with Gasteiger partial charge in [0.15, 0.2) is 0 Å². The molecule has 0 saturated carbocycles. The van der Waals surface area contributed by atoms with Gasteiger partial charge in [0.05, 0.1) is 0 Å². The van der Waals surface area contributed by atoms with E-state index >= 15 is 0 Å². The summed E-state index contributed by atoms with van der Waals surface area (Å²) < 4.78 is 0. The Morgan fingerprint density at radius 1 is 0.889 bits per heavy atom. The monoisotopic (exact) mass is 117 g/mol. The summed E-state index contributed by atoms with van der Waals surface area (Å²) in [5, 5.41) is 0. The van der Waals surface area contributed by atoms with Crippen LogP contribution in [0, 0.1) is 6.08 Å². The van der Waals surface area contributed by atoms with Crippen LogP contribution in [0.25, 0.3) is 0 Å². The fourth-order valence-corrected chi connectivity index (χ4v) is 0.599. The molecular formula is C9H9-. The quantitative estimate of drug-likeness (QED) is 0.427. The molecule has 0 fully saturated rings. The highest BCUT2D eigenvalue weighted by molar-refractivity contribution is 5.16. The van der Waals surface area contributed by atoms with Crippen LogP contribution < -0.4 is 0 Å². The van der Waals surface area contributed by atoms with Crippen molar-refractivity contribution < 1.29 is 0 Å². The van der Waals surface area contributed by atoms with Crippen molar-refractivity contribution in [3.05, 3.63) is 48.6 Å². The van der Waals surface area contributed by atoms with Gasteiger partial charge in [-0.3, -0.25) is 6.08 Å². The summed E-state index contributed by atoms with van der Waals surface area (Å²) in [5.41, 5.74) is 0. The fraction of sp³-hybridized carbons (Fsp3) is 0.111. The highest BCUT2D eigenvalue weighted by Crippen LogP contribution is 1.90. The average Bonchev–Trinajstić information content (AvgIpc) is 2.00. The first kappa shape index (κ1) is 6.09.